The van der Waals surface area contributed by atoms with Crippen molar-refractivity contribution in [2.75, 3.05) is 0 Å². The van der Waals surface area contributed by atoms with Crippen molar-refractivity contribution in [3.8, 4) is 0 Å². The largest absolute Gasteiger partial charge is 0.348 e. The van der Waals surface area contributed by atoms with E-state index in [1.807, 2.05) is 6.92 Å². The Kier molecular flexibility index (Phi) is 2.69. The third kappa shape index (κ3) is 1.69. The van der Waals surface area contributed by atoms with Gasteiger partial charge in [0.2, 0.25) is 0 Å². The Hall–Kier alpha value is -1.78. The smallest absolute Gasteiger partial charge is 0.247 e. The molecule has 0 saturated heterocycles. The van der Waals surface area contributed by atoms with E-state index in [9.17, 15) is 9.59 Å². The first-order valence-electron chi connectivity index (χ1n) is 3.89. The normalized spacial score (nSPS) is 12.6. The van der Waals surface area contributed by atoms with Crippen molar-refractivity contribution in [1.82, 2.24) is 14.8 Å². The lowest BCUT2D eigenvalue weighted by Crippen LogP contribution is -2.24. The molecule has 0 aromatic carbocycles. The van der Waals surface area contributed by atoms with Crippen LogP contribution in [0.4, 0.5) is 0 Å². The maximum absolute atomic E-state index is 11.1. The molecular formula is C8H11N3O2. The number of nitrogens with one attached hydrogen (secondary N) is 2. The summed E-state index contributed by atoms with van der Waals surface area (Å²) < 4.78 is 1.03. The fraction of sp³-hybridized carbons (Fsp3) is 0.250. The van der Waals surface area contributed by atoms with E-state index in [-0.39, 0.29) is 0 Å². The van der Waals surface area contributed by atoms with E-state index in [0.717, 1.165) is 4.57 Å². The summed E-state index contributed by atoms with van der Waals surface area (Å²) in [4.78, 5) is 22.2. The van der Waals surface area contributed by atoms with Gasteiger partial charge in [0.15, 0.2) is 0 Å². The van der Waals surface area contributed by atoms with Gasteiger partial charge in [-0.3, -0.25) is 0 Å². The number of nitrogens with zero attached hydrogens (tertiary/aromatic N) is 1. The molecule has 0 amide bonds. The highest BCUT2D eigenvalue weighted by Gasteiger charge is 2.03. The van der Waals surface area contributed by atoms with Crippen LogP contribution in [0.15, 0.2) is 27.8 Å². The Morgan fingerprint density at radius 3 is 2.15 bits per heavy atom. The Morgan fingerprint density at radius 1 is 1.23 bits per heavy atom. The Labute approximate surface area is 74.4 Å². The molecule has 0 spiro atoms. The van der Waals surface area contributed by atoms with Gasteiger partial charge in [0.05, 0.1) is 5.70 Å². The number of aromatic nitrogens is 3. The summed E-state index contributed by atoms with van der Waals surface area (Å²) in [5, 5.41) is 4.41. The van der Waals surface area contributed by atoms with E-state index in [1.54, 1.807) is 25.2 Å². The average molecular weight is 181 g/mol. The number of aromatic amines is 2. The van der Waals surface area contributed by atoms with Gasteiger partial charge >= 0.3 is 11.4 Å². The summed E-state index contributed by atoms with van der Waals surface area (Å²) in [6.07, 6.45) is 5.13. The molecule has 0 aliphatic carbocycles. The van der Waals surface area contributed by atoms with Crippen LogP contribution in [0.1, 0.15) is 13.8 Å². The lowest BCUT2D eigenvalue weighted by molar-refractivity contribution is 0.984. The van der Waals surface area contributed by atoms with Crippen LogP contribution in [0.2, 0.25) is 0 Å². The lowest BCUT2D eigenvalue weighted by Gasteiger charge is -1.96. The summed E-state index contributed by atoms with van der Waals surface area (Å²) in [6, 6.07) is 0. The third-order valence-electron chi connectivity index (χ3n) is 1.57. The number of hydrogen-bond acceptors (Lipinski definition) is 2. The minimum Gasteiger partial charge on any atom is -0.247 e. The van der Waals surface area contributed by atoms with Gasteiger partial charge < -0.3 is 0 Å². The van der Waals surface area contributed by atoms with Gasteiger partial charge in [-0.25, -0.2) is 24.4 Å². The highest BCUT2D eigenvalue weighted by atomic mass is 16.2. The second kappa shape index (κ2) is 3.75. The SMILES string of the molecule is C/C=C\C(=C/C)n1c(=O)[nH][nH]c1=O. The molecule has 0 aliphatic rings. The second-order valence-electron chi connectivity index (χ2n) is 2.41. The zero-order valence-electron chi connectivity index (χ0n) is 7.50. The van der Waals surface area contributed by atoms with Crippen molar-refractivity contribution in [3.05, 3.63) is 39.2 Å². The molecule has 13 heavy (non-hydrogen) atoms. The molecule has 70 valence electrons. The molecular weight excluding hydrogens is 170 g/mol. The molecule has 1 aromatic rings. The van der Waals surface area contributed by atoms with E-state index in [4.69, 9.17) is 0 Å². The average Bonchev–Trinajstić information content (AvgIpc) is 2.43. The maximum atomic E-state index is 11.1. The first-order valence-corrected chi connectivity index (χ1v) is 3.89. The molecule has 0 bridgehead atoms. The summed E-state index contributed by atoms with van der Waals surface area (Å²) in [6.45, 7) is 3.57. The van der Waals surface area contributed by atoms with Crippen molar-refractivity contribution < 1.29 is 0 Å². The van der Waals surface area contributed by atoms with Gasteiger partial charge in [-0.15, -0.1) is 0 Å². The van der Waals surface area contributed by atoms with Crippen LogP contribution in [0.3, 0.4) is 0 Å². The van der Waals surface area contributed by atoms with Crippen LogP contribution >= 0.6 is 0 Å². The van der Waals surface area contributed by atoms with Gasteiger partial charge in [0.25, 0.3) is 0 Å². The molecule has 0 atom stereocenters. The summed E-state index contributed by atoms with van der Waals surface area (Å²) in [7, 11) is 0. The molecule has 1 heterocycles. The molecule has 5 heteroatoms. The van der Waals surface area contributed by atoms with Crippen LogP contribution in [0.5, 0.6) is 0 Å². The van der Waals surface area contributed by atoms with Crippen molar-refractivity contribution in [3.63, 3.8) is 0 Å². The van der Waals surface area contributed by atoms with Gasteiger partial charge in [0.1, 0.15) is 0 Å². The Balaban J connectivity index is 3.36. The number of allylic oxidation sites excluding steroid dienone is 4. The van der Waals surface area contributed by atoms with Crippen LogP contribution < -0.4 is 11.4 Å². The highest BCUT2D eigenvalue weighted by Crippen LogP contribution is 1.98. The first kappa shape index (κ1) is 9.31. The monoisotopic (exact) mass is 181 g/mol. The molecule has 0 unspecified atom stereocenters. The predicted molar refractivity (Wildman–Crippen MR) is 50.4 cm³/mol. The Morgan fingerprint density at radius 2 is 1.77 bits per heavy atom. The molecule has 5 nitrogen and oxygen atoms in total. The van der Waals surface area contributed by atoms with E-state index < -0.39 is 11.4 Å². The Bertz CT molecular complexity index is 417. The molecule has 0 aliphatic heterocycles. The molecule has 2 N–H and O–H groups in total. The van der Waals surface area contributed by atoms with Gasteiger partial charge in [-0.05, 0) is 19.9 Å². The number of H-pyrrole nitrogens is 2. The second-order valence-corrected chi connectivity index (χ2v) is 2.41. The van der Waals surface area contributed by atoms with Crippen molar-refractivity contribution in [2.24, 2.45) is 0 Å². The summed E-state index contributed by atoms with van der Waals surface area (Å²) in [5.74, 6) is 0. The lowest BCUT2D eigenvalue weighted by atomic mass is 10.3. The van der Waals surface area contributed by atoms with Crippen molar-refractivity contribution in [1.29, 1.82) is 0 Å². The van der Waals surface area contributed by atoms with Gasteiger partial charge in [-0.2, -0.15) is 0 Å². The zero-order chi connectivity index (χ0) is 9.84. The van der Waals surface area contributed by atoms with Crippen LogP contribution in [0, 0.1) is 0 Å². The van der Waals surface area contributed by atoms with Crippen LogP contribution in [-0.2, 0) is 0 Å². The van der Waals surface area contributed by atoms with E-state index in [2.05, 4.69) is 10.2 Å². The molecule has 1 rings (SSSR count). The minimum absolute atomic E-state index is 0.462. The molecule has 1 aromatic heterocycles. The third-order valence-corrected chi connectivity index (χ3v) is 1.57. The van der Waals surface area contributed by atoms with E-state index in [0.29, 0.717) is 5.70 Å². The van der Waals surface area contributed by atoms with Crippen molar-refractivity contribution in [2.45, 2.75) is 13.8 Å². The summed E-state index contributed by atoms with van der Waals surface area (Å²) >= 11 is 0. The predicted octanol–water partition coefficient (Wildman–Crippen LogP) is 0.302. The van der Waals surface area contributed by atoms with Crippen LogP contribution in [0.25, 0.3) is 5.70 Å². The standard InChI is InChI=1S/C8H11N3O2/c1-3-5-6(4-2)11-7(12)9-10-8(11)13/h3-5H,1-2H3,(H,9,12)(H,10,13)/b5-3-,6-4+. The van der Waals surface area contributed by atoms with Crippen LogP contribution in [-0.4, -0.2) is 14.8 Å². The topological polar surface area (TPSA) is 70.7 Å². The minimum atomic E-state index is -0.462. The number of hydrogen-bond donors (Lipinski definition) is 2. The summed E-state index contributed by atoms with van der Waals surface area (Å²) in [5.41, 5.74) is -0.373. The van der Waals surface area contributed by atoms with E-state index >= 15 is 0 Å². The maximum Gasteiger partial charge on any atom is 0.348 e. The molecule has 0 radical (unpaired) electrons. The molecule has 0 saturated carbocycles. The molecule has 0 fully saturated rings. The quantitative estimate of drug-likeness (QED) is 0.644. The fourth-order valence-electron chi connectivity index (χ4n) is 1.02. The van der Waals surface area contributed by atoms with Crippen molar-refractivity contribution >= 4 is 5.70 Å². The van der Waals surface area contributed by atoms with Gasteiger partial charge in [-0.1, -0.05) is 12.2 Å². The zero-order valence-corrected chi connectivity index (χ0v) is 7.50. The first-order chi connectivity index (χ1) is 6.20. The highest BCUT2D eigenvalue weighted by molar-refractivity contribution is 5.55. The fourth-order valence-corrected chi connectivity index (χ4v) is 1.02. The van der Waals surface area contributed by atoms with E-state index in [1.165, 1.54) is 0 Å². The van der Waals surface area contributed by atoms with Gasteiger partial charge in [0, 0.05) is 0 Å². The number of rotatable bonds is 2.